The molecule has 0 aliphatic heterocycles. The molecule has 1 N–H and O–H groups in total. The number of carbonyl (C=O) groups is 1. The highest BCUT2D eigenvalue weighted by atomic mass is 32.2. The molecule has 1 aliphatic rings. The highest BCUT2D eigenvalue weighted by Crippen LogP contribution is 2.29. The van der Waals surface area contributed by atoms with Crippen molar-refractivity contribution in [2.75, 3.05) is 6.54 Å². The van der Waals surface area contributed by atoms with Gasteiger partial charge in [-0.3, -0.25) is 9.48 Å². The summed E-state index contributed by atoms with van der Waals surface area (Å²) in [5, 5.41) is 12.9. The molecule has 2 rings (SSSR count). The van der Waals surface area contributed by atoms with Crippen LogP contribution >= 0.6 is 0 Å². The van der Waals surface area contributed by atoms with E-state index in [-0.39, 0.29) is 17.0 Å². The lowest BCUT2D eigenvalue weighted by Crippen LogP contribution is -2.46. The number of carboxylic acids is 1. The van der Waals surface area contributed by atoms with Crippen molar-refractivity contribution in [2.45, 2.75) is 50.1 Å². The minimum Gasteiger partial charge on any atom is -0.480 e. The third-order valence-corrected chi connectivity index (χ3v) is 5.34. The van der Waals surface area contributed by atoms with Crippen LogP contribution in [0.5, 0.6) is 0 Å². The van der Waals surface area contributed by atoms with Gasteiger partial charge in [0.05, 0.1) is 6.20 Å². The van der Waals surface area contributed by atoms with Gasteiger partial charge in [0.15, 0.2) is 0 Å². The SMILES string of the molecule is CC(C)n1cc(S(=O)(=O)N(CC(=O)O)C2CCC2)cn1. The number of nitrogens with zero attached hydrogens (tertiary/aromatic N) is 3. The monoisotopic (exact) mass is 301 g/mol. The van der Waals surface area contributed by atoms with Crippen LogP contribution < -0.4 is 0 Å². The number of carboxylic acid groups (broad SMARTS) is 1. The van der Waals surface area contributed by atoms with Gasteiger partial charge in [0.2, 0.25) is 10.0 Å². The third kappa shape index (κ3) is 2.85. The van der Waals surface area contributed by atoms with E-state index < -0.39 is 22.5 Å². The fraction of sp³-hybridized carbons (Fsp3) is 0.667. The van der Waals surface area contributed by atoms with E-state index in [0.717, 1.165) is 10.7 Å². The predicted octanol–water partition coefficient (Wildman–Crippen LogP) is 1.09. The molecule has 0 radical (unpaired) electrons. The van der Waals surface area contributed by atoms with Gasteiger partial charge < -0.3 is 5.11 Å². The Morgan fingerprint density at radius 3 is 2.60 bits per heavy atom. The van der Waals surface area contributed by atoms with Crippen molar-refractivity contribution in [1.29, 1.82) is 0 Å². The predicted molar refractivity (Wildman–Crippen MR) is 71.8 cm³/mol. The molecule has 0 aromatic carbocycles. The van der Waals surface area contributed by atoms with Crippen molar-refractivity contribution in [3.8, 4) is 0 Å². The second-order valence-corrected chi connectivity index (χ2v) is 7.17. The molecule has 0 unspecified atom stereocenters. The molecule has 1 heterocycles. The van der Waals surface area contributed by atoms with Crippen molar-refractivity contribution in [3.05, 3.63) is 12.4 Å². The molecule has 0 spiro atoms. The van der Waals surface area contributed by atoms with Crippen LogP contribution in [0.1, 0.15) is 39.2 Å². The van der Waals surface area contributed by atoms with Crippen LogP contribution in [0.3, 0.4) is 0 Å². The quantitative estimate of drug-likeness (QED) is 0.849. The Balaban J connectivity index is 2.30. The summed E-state index contributed by atoms with van der Waals surface area (Å²) in [6.07, 6.45) is 5.09. The normalized spacial score (nSPS) is 16.6. The maximum absolute atomic E-state index is 12.5. The molecule has 8 heteroatoms. The van der Waals surface area contributed by atoms with Crippen LogP contribution in [0.2, 0.25) is 0 Å². The van der Waals surface area contributed by atoms with Crippen molar-refractivity contribution in [3.63, 3.8) is 0 Å². The summed E-state index contributed by atoms with van der Waals surface area (Å²) >= 11 is 0. The van der Waals surface area contributed by atoms with Gasteiger partial charge >= 0.3 is 5.97 Å². The van der Waals surface area contributed by atoms with Crippen molar-refractivity contribution < 1.29 is 18.3 Å². The van der Waals surface area contributed by atoms with Gasteiger partial charge in [-0.1, -0.05) is 6.42 Å². The zero-order valence-electron chi connectivity index (χ0n) is 11.6. The average molecular weight is 301 g/mol. The first-order chi connectivity index (χ1) is 9.32. The van der Waals surface area contributed by atoms with Crippen molar-refractivity contribution in [1.82, 2.24) is 14.1 Å². The molecular weight excluding hydrogens is 282 g/mol. The molecule has 0 atom stereocenters. The van der Waals surface area contributed by atoms with E-state index in [1.165, 1.54) is 12.4 Å². The van der Waals surface area contributed by atoms with Gasteiger partial charge in [-0.05, 0) is 26.7 Å². The van der Waals surface area contributed by atoms with Crippen molar-refractivity contribution in [2.24, 2.45) is 0 Å². The van der Waals surface area contributed by atoms with E-state index in [2.05, 4.69) is 5.10 Å². The molecule has 1 saturated carbocycles. The van der Waals surface area contributed by atoms with E-state index >= 15 is 0 Å². The Morgan fingerprint density at radius 1 is 1.55 bits per heavy atom. The summed E-state index contributed by atoms with van der Waals surface area (Å²) in [5.74, 6) is -1.14. The van der Waals surface area contributed by atoms with Crippen molar-refractivity contribution >= 4 is 16.0 Å². The summed E-state index contributed by atoms with van der Waals surface area (Å²) in [6.45, 7) is 3.29. The molecule has 0 bridgehead atoms. The smallest absolute Gasteiger partial charge is 0.318 e. The van der Waals surface area contributed by atoms with Crippen LogP contribution in [0.15, 0.2) is 17.3 Å². The number of hydrogen-bond acceptors (Lipinski definition) is 4. The summed E-state index contributed by atoms with van der Waals surface area (Å²) < 4.78 is 27.7. The Morgan fingerprint density at radius 2 is 2.20 bits per heavy atom. The first kappa shape index (κ1) is 15.0. The zero-order valence-corrected chi connectivity index (χ0v) is 12.4. The Bertz CT molecular complexity index is 590. The molecule has 1 aromatic heterocycles. The summed E-state index contributed by atoms with van der Waals surface area (Å²) in [5.41, 5.74) is 0. The first-order valence-corrected chi connectivity index (χ1v) is 8.04. The topological polar surface area (TPSA) is 92.5 Å². The summed E-state index contributed by atoms with van der Waals surface area (Å²) in [4.78, 5) is 11.0. The number of aliphatic carboxylic acids is 1. The first-order valence-electron chi connectivity index (χ1n) is 6.60. The third-order valence-electron chi connectivity index (χ3n) is 3.49. The molecule has 1 fully saturated rings. The Kier molecular flexibility index (Phi) is 4.14. The fourth-order valence-corrected chi connectivity index (χ4v) is 3.67. The summed E-state index contributed by atoms with van der Waals surface area (Å²) in [6, 6.07) is -0.158. The van der Waals surface area contributed by atoms with E-state index in [1.54, 1.807) is 4.68 Å². The number of sulfonamides is 1. The highest BCUT2D eigenvalue weighted by molar-refractivity contribution is 7.89. The lowest BCUT2D eigenvalue weighted by Gasteiger charge is -2.35. The van der Waals surface area contributed by atoms with E-state index in [9.17, 15) is 13.2 Å². The van der Waals surface area contributed by atoms with Crippen LogP contribution in [-0.4, -0.2) is 46.2 Å². The van der Waals surface area contributed by atoms with Crippen LogP contribution in [0.4, 0.5) is 0 Å². The highest BCUT2D eigenvalue weighted by Gasteiger charge is 2.37. The largest absolute Gasteiger partial charge is 0.480 e. The molecule has 20 heavy (non-hydrogen) atoms. The summed E-state index contributed by atoms with van der Waals surface area (Å²) in [7, 11) is -3.80. The number of aromatic nitrogens is 2. The van der Waals surface area contributed by atoms with Gasteiger partial charge in [-0.15, -0.1) is 0 Å². The molecule has 0 saturated heterocycles. The fourth-order valence-electron chi connectivity index (χ4n) is 2.09. The standard InChI is InChI=1S/C12H19N3O4S/c1-9(2)14-7-11(6-13-14)20(18,19)15(8-12(16)17)10-4-3-5-10/h6-7,9-10H,3-5,8H2,1-2H3,(H,16,17). The lowest BCUT2D eigenvalue weighted by molar-refractivity contribution is -0.137. The minimum atomic E-state index is -3.80. The van der Waals surface area contributed by atoms with E-state index in [1.807, 2.05) is 13.8 Å². The maximum atomic E-state index is 12.5. The zero-order chi connectivity index (χ0) is 14.9. The Hall–Kier alpha value is -1.41. The van der Waals surface area contributed by atoms with Crippen LogP contribution in [-0.2, 0) is 14.8 Å². The second kappa shape index (κ2) is 5.53. The van der Waals surface area contributed by atoms with Crippen LogP contribution in [0.25, 0.3) is 0 Å². The van der Waals surface area contributed by atoms with E-state index in [4.69, 9.17) is 5.11 Å². The molecule has 1 aliphatic carbocycles. The number of rotatable bonds is 6. The molecule has 7 nitrogen and oxygen atoms in total. The van der Waals surface area contributed by atoms with Gasteiger partial charge in [0.25, 0.3) is 0 Å². The number of hydrogen-bond donors (Lipinski definition) is 1. The van der Waals surface area contributed by atoms with E-state index in [0.29, 0.717) is 12.8 Å². The molecule has 112 valence electrons. The minimum absolute atomic E-state index is 0.0515. The van der Waals surface area contributed by atoms with Gasteiger partial charge in [0.1, 0.15) is 11.4 Å². The molecule has 1 aromatic rings. The maximum Gasteiger partial charge on any atom is 0.318 e. The lowest BCUT2D eigenvalue weighted by atomic mass is 9.93. The molecule has 0 amide bonds. The van der Waals surface area contributed by atoms with Gasteiger partial charge in [0, 0.05) is 18.3 Å². The van der Waals surface area contributed by atoms with Crippen LogP contribution in [0, 0.1) is 0 Å². The average Bonchev–Trinajstić information content (AvgIpc) is 2.74. The molecular formula is C12H19N3O4S. The second-order valence-electron chi connectivity index (χ2n) is 5.28. The van der Waals surface area contributed by atoms with Gasteiger partial charge in [-0.25, -0.2) is 8.42 Å². The Labute approximate surface area is 118 Å². The van der Waals surface area contributed by atoms with Gasteiger partial charge in [-0.2, -0.15) is 9.40 Å².